The van der Waals surface area contributed by atoms with Gasteiger partial charge >= 0.3 is 0 Å². The molecule has 2 fully saturated rings. The van der Waals surface area contributed by atoms with Crippen LogP contribution in [0.1, 0.15) is 12.8 Å². The number of hydrogen-bond acceptors (Lipinski definition) is 7. The van der Waals surface area contributed by atoms with Crippen LogP contribution in [-0.2, 0) is 0 Å². The van der Waals surface area contributed by atoms with E-state index in [2.05, 4.69) is 25.2 Å². The lowest BCUT2D eigenvalue weighted by Crippen LogP contribution is -2.50. The normalized spacial score (nSPS) is 23.5. The second kappa shape index (κ2) is 5.52. The van der Waals surface area contributed by atoms with Gasteiger partial charge in [-0.1, -0.05) is 11.8 Å². The highest BCUT2D eigenvalue weighted by Crippen LogP contribution is 2.26. The summed E-state index contributed by atoms with van der Waals surface area (Å²) in [4.78, 5) is 13.9. The van der Waals surface area contributed by atoms with E-state index in [1.165, 1.54) is 19.4 Å². The lowest BCUT2D eigenvalue weighted by Gasteiger charge is -2.38. The Morgan fingerprint density at radius 1 is 1.37 bits per heavy atom. The Hall–Kier alpha value is -1.05. The van der Waals surface area contributed by atoms with Crippen LogP contribution in [0.25, 0.3) is 0 Å². The fourth-order valence-electron chi connectivity index (χ4n) is 2.94. The number of fused-ring (bicyclic) bond motifs is 1. The standard InChI is InChI=1S/C12H20N6S/c1-19-12-14-10(16-13)7-11(15-12)18-6-5-17-4-2-3-9(17)8-18/h7,9H,2-6,8,13H2,1H3,(H,14,15,16). The first-order valence-electron chi connectivity index (χ1n) is 6.69. The molecular formula is C12H20N6S. The van der Waals surface area contributed by atoms with Crippen LogP contribution in [0.2, 0.25) is 0 Å². The van der Waals surface area contributed by atoms with Gasteiger partial charge in [-0.15, -0.1) is 0 Å². The SMILES string of the molecule is CSc1nc(NN)cc(N2CCN3CCCC3C2)n1. The lowest BCUT2D eigenvalue weighted by molar-refractivity contribution is 0.230. The summed E-state index contributed by atoms with van der Waals surface area (Å²) in [6, 6.07) is 2.63. The molecule has 0 radical (unpaired) electrons. The average Bonchev–Trinajstić information content (AvgIpc) is 2.94. The summed E-state index contributed by atoms with van der Waals surface area (Å²) >= 11 is 1.54. The van der Waals surface area contributed by atoms with Crippen LogP contribution in [0, 0.1) is 0 Å². The lowest BCUT2D eigenvalue weighted by atomic mass is 10.1. The minimum atomic E-state index is 0.684. The molecule has 2 aliphatic rings. The van der Waals surface area contributed by atoms with E-state index >= 15 is 0 Å². The molecule has 3 heterocycles. The highest BCUT2D eigenvalue weighted by atomic mass is 32.2. The van der Waals surface area contributed by atoms with Crippen LogP contribution in [0.4, 0.5) is 11.6 Å². The van der Waals surface area contributed by atoms with Crippen LogP contribution < -0.4 is 16.2 Å². The van der Waals surface area contributed by atoms with Gasteiger partial charge in [-0.2, -0.15) is 0 Å². The van der Waals surface area contributed by atoms with Crippen LogP contribution in [0.3, 0.4) is 0 Å². The van der Waals surface area contributed by atoms with Crippen molar-refractivity contribution in [1.82, 2.24) is 14.9 Å². The summed E-state index contributed by atoms with van der Waals surface area (Å²) in [7, 11) is 0. The van der Waals surface area contributed by atoms with E-state index < -0.39 is 0 Å². The molecule has 3 rings (SSSR count). The molecule has 2 saturated heterocycles. The average molecular weight is 280 g/mol. The first-order valence-corrected chi connectivity index (χ1v) is 7.91. The molecule has 19 heavy (non-hydrogen) atoms. The van der Waals surface area contributed by atoms with Crippen LogP contribution in [0.15, 0.2) is 11.2 Å². The zero-order valence-electron chi connectivity index (χ0n) is 11.2. The summed E-state index contributed by atoms with van der Waals surface area (Å²) in [5.41, 5.74) is 2.63. The molecule has 7 heteroatoms. The number of rotatable bonds is 3. The fraction of sp³-hybridized carbons (Fsp3) is 0.667. The minimum absolute atomic E-state index is 0.684. The van der Waals surface area contributed by atoms with Gasteiger partial charge in [0.05, 0.1) is 0 Å². The van der Waals surface area contributed by atoms with Crippen molar-refractivity contribution in [2.45, 2.75) is 24.0 Å². The van der Waals surface area contributed by atoms with Crippen molar-refractivity contribution in [1.29, 1.82) is 0 Å². The van der Waals surface area contributed by atoms with Crippen LogP contribution in [0.5, 0.6) is 0 Å². The zero-order valence-corrected chi connectivity index (χ0v) is 12.0. The molecule has 3 N–H and O–H groups in total. The number of anilines is 2. The van der Waals surface area contributed by atoms with Gasteiger partial charge in [0.1, 0.15) is 11.6 Å². The third kappa shape index (κ3) is 2.63. The number of nitrogens with zero attached hydrogens (tertiary/aromatic N) is 4. The molecule has 0 bridgehead atoms. The van der Waals surface area contributed by atoms with Crippen molar-refractivity contribution in [2.24, 2.45) is 5.84 Å². The molecule has 1 aromatic rings. The number of hydrogen-bond donors (Lipinski definition) is 2. The van der Waals surface area contributed by atoms with E-state index in [-0.39, 0.29) is 0 Å². The van der Waals surface area contributed by atoms with Gasteiger partial charge in [0.15, 0.2) is 5.16 Å². The molecule has 2 aliphatic heterocycles. The molecule has 0 aliphatic carbocycles. The van der Waals surface area contributed by atoms with Crippen LogP contribution >= 0.6 is 11.8 Å². The van der Waals surface area contributed by atoms with E-state index in [9.17, 15) is 0 Å². The second-order valence-electron chi connectivity index (χ2n) is 5.02. The molecular weight excluding hydrogens is 260 g/mol. The zero-order chi connectivity index (χ0) is 13.2. The van der Waals surface area contributed by atoms with E-state index in [1.54, 1.807) is 11.8 Å². The van der Waals surface area contributed by atoms with Crippen molar-refractivity contribution in [3.8, 4) is 0 Å². The van der Waals surface area contributed by atoms with Crippen molar-refractivity contribution in [3.05, 3.63) is 6.07 Å². The Kier molecular flexibility index (Phi) is 3.76. The van der Waals surface area contributed by atoms with E-state index in [1.807, 2.05) is 12.3 Å². The number of piperazine rings is 1. The molecule has 104 valence electrons. The minimum Gasteiger partial charge on any atom is -0.354 e. The van der Waals surface area contributed by atoms with E-state index in [4.69, 9.17) is 5.84 Å². The maximum absolute atomic E-state index is 5.48. The largest absolute Gasteiger partial charge is 0.354 e. The number of hydrazine groups is 1. The summed E-state index contributed by atoms with van der Waals surface area (Å²) in [6.07, 6.45) is 4.61. The Balaban J connectivity index is 1.81. The highest BCUT2D eigenvalue weighted by molar-refractivity contribution is 7.98. The molecule has 0 spiro atoms. The third-order valence-electron chi connectivity index (χ3n) is 3.93. The van der Waals surface area contributed by atoms with Crippen molar-refractivity contribution < 1.29 is 0 Å². The summed E-state index contributed by atoms with van der Waals surface area (Å²) in [6.45, 7) is 4.49. The van der Waals surface area contributed by atoms with Crippen molar-refractivity contribution in [2.75, 3.05) is 42.8 Å². The Morgan fingerprint density at radius 2 is 2.26 bits per heavy atom. The summed E-state index contributed by atoms with van der Waals surface area (Å²) in [5.74, 6) is 7.15. The van der Waals surface area contributed by atoms with Crippen molar-refractivity contribution >= 4 is 23.4 Å². The number of aromatic nitrogens is 2. The quantitative estimate of drug-likeness (QED) is 0.367. The van der Waals surface area contributed by atoms with E-state index in [0.717, 1.165) is 30.6 Å². The molecule has 1 unspecified atom stereocenters. The predicted molar refractivity (Wildman–Crippen MR) is 78.4 cm³/mol. The topological polar surface area (TPSA) is 70.3 Å². The monoisotopic (exact) mass is 280 g/mol. The highest BCUT2D eigenvalue weighted by Gasteiger charge is 2.31. The Bertz CT molecular complexity index is 432. The number of thioether (sulfide) groups is 1. The molecule has 1 atom stereocenters. The van der Waals surface area contributed by atoms with E-state index in [0.29, 0.717) is 11.9 Å². The Morgan fingerprint density at radius 3 is 3.05 bits per heavy atom. The van der Waals surface area contributed by atoms with Gasteiger partial charge in [-0.25, -0.2) is 15.8 Å². The number of nitrogens with one attached hydrogen (secondary N) is 1. The first kappa shape index (κ1) is 13.0. The number of nitrogen functional groups attached to an aromatic ring is 1. The van der Waals surface area contributed by atoms with Gasteiger partial charge in [-0.3, -0.25) is 4.90 Å². The number of nitrogens with two attached hydrogens (primary N) is 1. The summed E-state index contributed by atoms with van der Waals surface area (Å²) < 4.78 is 0. The molecule has 6 nitrogen and oxygen atoms in total. The molecule has 0 aromatic carbocycles. The van der Waals surface area contributed by atoms with Gasteiger partial charge in [0, 0.05) is 31.7 Å². The van der Waals surface area contributed by atoms with Gasteiger partial charge < -0.3 is 10.3 Å². The second-order valence-corrected chi connectivity index (χ2v) is 5.79. The maximum Gasteiger partial charge on any atom is 0.191 e. The van der Waals surface area contributed by atoms with Gasteiger partial charge in [0.25, 0.3) is 0 Å². The molecule has 0 amide bonds. The fourth-order valence-corrected chi connectivity index (χ4v) is 3.31. The van der Waals surface area contributed by atoms with Crippen molar-refractivity contribution in [3.63, 3.8) is 0 Å². The maximum atomic E-state index is 5.48. The Labute approximate surface area is 117 Å². The molecule has 1 aromatic heterocycles. The summed E-state index contributed by atoms with van der Waals surface area (Å²) in [5, 5.41) is 0.763. The van der Waals surface area contributed by atoms with Gasteiger partial charge in [0.2, 0.25) is 0 Å². The smallest absolute Gasteiger partial charge is 0.191 e. The molecule has 0 saturated carbocycles. The first-order chi connectivity index (χ1) is 9.30. The van der Waals surface area contributed by atoms with Gasteiger partial charge in [-0.05, 0) is 25.6 Å². The predicted octanol–water partition coefficient (Wildman–Crippen LogP) is 0.768. The third-order valence-corrected chi connectivity index (χ3v) is 4.48. The van der Waals surface area contributed by atoms with Crippen LogP contribution in [-0.4, -0.2) is 53.3 Å².